The number of carbonyl (C=O) groups is 4. The van der Waals surface area contributed by atoms with Crippen molar-refractivity contribution in [3.05, 3.63) is 35.9 Å². The Labute approximate surface area is 158 Å². The molecule has 3 amide bonds. The van der Waals surface area contributed by atoms with Crippen molar-refractivity contribution in [3.63, 3.8) is 0 Å². The van der Waals surface area contributed by atoms with Gasteiger partial charge >= 0.3 is 5.97 Å². The number of likely N-dealkylation sites (tertiary alicyclic amines) is 1. The number of aliphatic carboxylic acids is 1. The molecule has 1 aliphatic heterocycles. The van der Waals surface area contributed by atoms with Crippen molar-refractivity contribution in [1.29, 1.82) is 0 Å². The number of nitrogens with one attached hydrogen (secondary N) is 1. The van der Waals surface area contributed by atoms with Crippen LogP contribution in [0.4, 0.5) is 0 Å². The molecule has 9 heteroatoms. The van der Waals surface area contributed by atoms with Gasteiger partial charge in [-0.15, -0.1) is 0 Å². The van der Waals surface area contributed by atoms with Gasteiger partial charge in [0.1, 0.15) is 12.1 Å². The highest BCUT2D eigenvalue weighted by Crippen LogP contribution is 2.19. The number of nitrogens with two attached hydrogens (primary N) is 2. The number of amides is 3. The second-order valence-corrected chi connectivity index (χ2v) is 6.47. The molecule has 1 aromatic carbocycles. The Bertz CT molecular complexity index is 745. The number of hydrogen-bond acceptors (Lipinski definition) is 5. The zero-order valence-electron chi connectivity index (χ0n) is 15.8. The number of primary amides is 1. The molecule has 27 heavy (non-hydrogen) atoms. The lowest BCUT2D eigenvalue weighted by molar-refractivity contribution is -0.142. The molecule has 1 fully saturated rings. The van der Waals surface area contributed by atoms with Crippen LogP contribution < -0.4 is 16.8 Å². The zero-order valence-corrected chi connectivity index (χ0v) is 14.8. The third-order valence-corrected chi connectivity index (χ3v) is 4.42. The van der Waals surface area contributed by atoms with Gasteiger partial charge in [-0.25, -0.2) is 0 Å². The van der Waals surface area contributed by atoms with Gasteiger partial charge < -0.3 is 26.8 Å². The Morgan fingerprint density at radius 3 is 2.56 bits per heavy atom. The van der Waals surface area contributed by atoms with Crippen LogP contribution in [0.1, 0.15) is 24.8 Å². The Hall–Kier alpha value is -2.94. The maximum Gasteiger partial charge on any atom is 0.305 e. The molecule has 6 N–H and O–H groups in total. The summed E-state index contributed by atoms with van der Waals surface area (Å²) in [6.07, 6.45) is 0.371. The fourth-order valence-corrected chi connectivity index (χ4v) is 3.07. The molecule has 0 saturated carbocycles. The maximum atomic E-state index is 13.1. The van der Waals surface area contributed by atoms with Crippen molar-refractivity contribution in [2.24, 2.45) is 11.5 Å². The van der Waals surface area contributed by atoms with Gasteiger partial charge in [-0.2, -0.15) is 0 Å². The summed E-state index contributed by atoms with van der Waals surface area (Å²) in [5.74, 6) is -3.49. The molecule has 0 unspecified atom stereocenters. The topological polar surface area (TPSA) is 156 Å². The SMILES string of the molecule is [2H]N(C(=O)[C@@H](N)CC(=O)O)[C@@H](Cc1ccccc1)C(=O)N1CCC[C@H]1C(N)=O. The summed E-state index contributed by atoms with van der Waals surface area (Å²) >= 11 is 0. The van der Waals surface area contributed by atoms with Gasteiger partial charge in [0.2, 0.25) is 17.7 Å². The molecule has 0 spiro atoms. The van der Waals surface area contributed by atoms with Gasteiger partial charge in [0.25, 0.3) is 0 Å². The van der Waals surface area contributed by atoms with E-state index in [1.807, 2.05) is 0 Å². The lowest BCUT2D eigenvalue weighted by Gasteiger charge is -2.28. The number of benzene rings is 1. The maximum absolute atomic E-state index is 13.1. The summed E-state index contributed by atoms with van der Waals surface area (Å²) in [6, 6.07) is 5.28. The number of carbonyl (C=O) groups excluding carboxylic acids is 3. The summed E-state index contributed by atoms with van der Waals surface area (Å²) in [6.45, 7) is 0.293. The summed E-state index contributed by atoms with van der Waals surface area (Å²) < 4.78 is 8.17. The first-order valence-electron chi connectivity index (χ1n) is 9.10. The van der Waals surface area contributed by atoms with E-state index in [2.05, 4.69) is 0 Å². The second-order valence-electron chi connectivity index (χ2n) is 6.47. The highest BCUT2D eigenvalue weighted by atomic mass is 16.4. The Morgan fingerprint density at radius 2 is 1.96 bits per heavy atom. The largest absolute Gasteiger partial charge is 0.481 e. The minimum atomic E-state index is -1.45. The van der Waals surface area contributed by atoms with Crippen molar-refractivity contribution in [3.8, 4) is 0 Å². The highest BCUT2D eigenvalue weighted by Gasteiger charge is 2.37. The van der Waals surface area contributed by atoms with Crippen LogP contribution in [-0.2, 0) is 25.6 Å². The third kappa shape index (κ3) is 5.52. The molecule has 0 radical (unpaired) electrons. The lowest BCUT2D eigenvalue weighted by Crippen LogP contribution is -2.56. The van der Waals surface area contributed by atoms with E-state index in [4.69, 9.17) is 18.0 Å². The number of rotatable bonds is 8. The van der Waals surface area contributed by atoms with Gasteiger partial charge in [0.15, 0.2) is 1.41 Å². The molecule has 0 aliphatic carbocycles. The van der Waals surface area contributed by atoms with Crippen LogP contribution in [0, 0.1) is 0 Å². The van der Waals surface area contributed by atoms with Crippen LogP contribution in [0.15, 0.2) is 30.3 Å². The predicted molar refractivity (Wildman–Crippen MR) is 96.2 cm³/mol. The molecule has 1 saturated heterocycles. The van der Waals surface area contributed by atoms with Crippen LogP contribution in [0.3, 0.4) is 0 Å². The average Bonchev–Trinajstić information content (AvgIpc) is 3.15. The fraction of sp³-hybridized carbons (Fsp3) is 0.444. The van der Waals surface area contributed by atoms with Crippen LogP contribution in [0.5, 0.6) is 0 Å². The minimum Gasteiger partial charge on any atom is -0.481 e. The monoisotopic (exact) mass is 377 g/mol. The minimum absolute atomic E-state index is 0.0245. The molecular weight excluding hydrogens is 352 g/mol. The molecule has 0 aromatic heterocycles. The molecule has 3 atom stereocenters. The first-order chi connectivity index (χ1) is 13.2. The van der Waals surface area contributed by atoms with Crippen LogP contribution in [-0.4, -0.2) is 58.4 Å². The second kappa shape index (κ2) is 9.13. The molecule has 9 nitrogen and oxygen atoms in total. The first kappa shape index (κ1) is 18.8. The van der Waals surface area contributed by atoms with E-state index >= 15 is 0 Å². The highest BCUT2D eigenvalue weighted by molar-refractivity contribution is 5.94. The Kier molecular flexibility index (Phi) is 6.37. The molecule has 146 valence electrons. The van der Waals surface area contributed by atoms with E-state index in [0.29, 0.717) is 30.3 Å². The van der Waals surface area contributed by atoms with Crippen LogP contribution >= 0.6 is 0 Å². The van der Waals surface area contributed by atoms with E-state index in [1.54, 1.807) is 30.3 Å². The number of nitrogens with zero attached hydrogens (tertiary/aromatic N) is 1. The van der Waals surface area contributed by atoms with E-state index in [-0.39, 0.29) is 6.42 Å². The normalized spacial score (nSPS) is 19.1. The van der Waals surface area contributed by atoms with Gasteiger partial charge in [-0.3, -0.25) is 19.2 Å². The van der Waals surface area contributed by atoms with Crippen molar-refractivity contribution in [1.82, 2.24) is 10.2 Å². The molecular formula is C18H24N4O5. The quantitative estimate of drug-likeness (QED) is 0.455. The van der Waals surface area contributed by atoms with Gasteiger partial charge in [-0.05, 0) is 18.4 Å². The van der Waals surface area contributed by atoms with Gasteiger partial charge in [-0.1, -0.05) is 30.3 Å². The van der Waals surface area contributed by atoms with Crippen LogP contribution in [0.2, 0.25) is 1.41 Å². The standard InChI is InChI=1S/C18H24N4O5/c19-12(10-15(23)24)17(26)21-13(9-11-5-2-1-3-6-11)18(27)22-8-4-7-14(22)16(20)25/h1-3,5-6,12-14H,4,7-10,19H2,(H2,20,25)(H,21,26)(H,23,24)/t12-,13-,14-/m0/s1/i/hD. The number of carboxylic acid groups (broad SMARTS) is 1. The zero-order chi connectivity index (χ0) is 20.8. The van der Waals surface area contributed by atoms with Gasteiger partial charge in [0, 0.05) is 13.0 Å². The summed E-state index contributed by atoms with van der Waals surface area (Å²) in [5, 5.41) is 9.26. The first-order valence-corrected chi connectivity index (χ1v) is 8.65. The van der Waals surface area contributed by atoms with Crippen molar-refractivity contribution >= 4 is 23.7 Å². The smallest absolute Gasteiger partial charge is 0.305 e. The van der Waals surface area contributed by atoms with Gasteiger partial charge in [0.05, 0.1) is 12.5 Å². The van der Waals surface area contributed by atoms with Crippen molar-refractivity contribution in [2.75, 3.05) is 6.54 Å². The third-order valence-electron chi connectivity index (χ3n) is 4.42. The van der Waals surface area contributed by atoms with E-state index in [1.165, 1.54) is 4.90 Å². The Morgan fingerprint density at radius 1 is 1.30 bits per heavy atom. The average molecular weight is 377 g/mol. The van der Waals surface area contributed by atoms with E-state index < -0.39 is 48.2 Å². The molecule has 1 heterocycles. The number of hydrogen-bond donors (Lipinski definition) is 4. The van der Waals surface area contributed by atoms with E-state index in [9.17, 15) is 19.2 Å². The molecule has 0 bridgehead atoms. The molecule has 1 aromatic rings. The fourth-order valence-electron chi connectivity index (χ4n) is 3.07. The van der Waals surface area contributed by atoms with Crippen molar-refractivity contribution < 1.29 is 25.7 Å². The summed E-state index contributed by atoms with van der Waals surface area (Å²) in [4.78, 5) is 49.3. The Balaban J connectivity index is 2.28. The predicted octanol–water partition coefficient (Wildman–Crippen LogP) is -1.01. The summed E-state index contributed by atoms with van der Waals surface area (Å²) in [5.41, 5.74) is 11.7. The number of carboxylic acids is 1. The molecule has 1 aliphatic rings. The van der Waals surface area contributed by atoms with E-state index in [0.717, 1.165) is 0 Å². The lowest BCUT2D eigenvalue weighted by atomic mass is 10.0. The van der Waals surface area contributed by atoms with Crippen molar-refractivity contribution in [2.45, 2.75) is 43.8 Å². The summed E-state index contributed by atoms with van der Waals surface area (Å²) in [7, 11) is 0. The van der Waals surface area contributed by atoms with Crippen LogP contribution in [0.25, 0.3) is 0 Å². The molecule has 2 rings (SSSR count).